The largest absolute Gasteiger partial charge is 0.393 e. The number of carbonyl (C=O) groups is 2. The number of nitrogens with one attached hydrogen (secondary N) is 5. The van der Waals surface area contributed by atoms with Gasteiger partial charge in [-0.25, -0.2) is 8.42 Å². The summed E-state index contributed by atoms with van der Waals surface area (Å²) >= 11 is 0. The molecule has 0 bridgehead atoms. The maximum absolute atomic E-state index is 13.9. The van der Waals surface area contributed by atoms with Gasteiger partial charge in [0, 0.05) is 13.0 Å². The van der Waals surface area contributed by atoms with Crippen molar-refractivity contribution >= 4 is 27.8 Å². The summed E-state index contributed by atoms with van der Waals surface area (Å²) in [6, 6.07) is 12.6. The van der Waals surface area contributed by atoms with Crippen LogP contribution >= 0.6 is 0 Å². The number of carbonyl (C=O) groups excluding carboxylic acids is 2. The molecule has 18 heteroatoms. The molecule has 1 unspecified atom stereocenters. The summed E-state index contributed by atoms with van der Waals surface area (Å²) in [7, 11) is -4.64. The van der Waals surface area contributed by atoms with Crippen LogP contribution in [-0.2, 0) is 26.0 Å². The SMILES string of the molecule is N=C(N)NCC(C[C@](NNS(=O)(=O)c1ccccc1)(C(=O)N[C@@H](Cc1ccccc1)C(N)=O)[N+](=O)[O-])C(F)(F)F. The van der Waals surface area contributed by atoms with Crippen LogP contribution in [-0.4, -0.2) is 55.5 Å². The number of halogens is 3. The highest BCUT2D eigenvalue weighted by Gasteiger charge is 2.58. The average Bonchev–Trinajstić information content (AvgIpc) is 2.88. The minimum atomic E-state index is -5.18. The topological polar surface area (TPSA) is 235 Å². The van der Waals surface area contributed by atoms with Crippen molar-refractivity contribution in [1.82, 2.24) is 20.9 Å². The number of rotatable bonds is 14. The van der Waals surface area contributed by atoms with Crippen LogP contribution in [0.15, 0.2) is 65.6 Å². The number of benzene rings is 2. The first-order valence-corrected chi connectivity index (χ1v) is 12.8. The standard InChI is InChI=1S/C22H27F3N8O6S/c23-22(24,25)15(13-29-20(27)28)12-21(33(36)37,31-32-40(38,39)16-9-5-2-6-10-16)19(35)30-17(18(26)34)11-14-7-3-1-4-8-14/h1-10,15,17,31-32H,11-13H2,(H2,26,34)(H,30,35)(H4,27,28,29)/t15?,17-,21+/m0/s1. The van der Waals surface area contributed by atoms with Crippen LogP contribution in [0.4, 0.5) is 13.2 Å². The Hall–Kier alpha value is -4.29. The number of sulfonamides is 1. The summed E-state index contributed by atoms with van der Waals surface area (Å²) < 4.78 is 67.1. The Morgan fingerprint density at radius 3 is 2.05 bits per heavy atom. The van der Waals surface area contributed by atoms with Gasteiger partial charge in [-0.2, -0.15) is 18.6 Å². The van der Waals surface area contributed by atoms with Crippen molar-refractivity contribution in [2.75, 3.05) is 6.54 Å². The second kappa shape index (κ2) is 13.2. The van der Waals surface area contributed by atoms with Gasteiger partial charge in [0.05, 0.1) is 22.2 Å². The maximum atomic E-state index is 13.9. The maximum Gasteiger partial charge on any atom is 0.393 e. The first kappa shape index (κ1) is 31.9. The highest BCUT2D eigenvalue weighted by atomic mass is 32.2. The number of hydrogen-bond acceptors (Lipinski definition) is 8. The molecule has 218 valence electrons. The molecule has 0 aliphatic rings. The summed E-state index contributed by atoms with van der Waals surface area (Å²) in [5.74, 6) is -6.54. The number of nitrogens with two attached hydrogens (primary N) is 2. The van der Waals surface area contributed by atoms with Crippen molar-refractivity contribution in [1.29, 1.82) is 5.41 Å². The Labute approximate surface area is 226 Å². The number of hydrogen-bond donors (Lipinski definition) is 7. The normalized spacial score (nSPS) is 14.8. The number of amides is 2. The van der Waals surface area contributed by atoms with Gasteiger partial charge in [0.25, 0.3) is 10.0 Å². The first-order valence-electron chi connectivity index (χ1n) is 11.4. The Morgan fingerprint density at radius 1 is 1.02 bits per heavy atom. The number of primary amides is 1. The molecular formula is C22H27F3N8O6S. The smallest absolute Gasteiger partial charge is 0.370 e. The van der Waals surface area contributed by atoms with Crippen molar-refractivity contribution in [2.24, 2.45) is 17.4 Å². The zero-order valence-electron chi connectivity index (χ0n) is 20.6. The lowest BCUT2D eigenvalue weighted by atomic mass is 9.93. The second-order valence-electron chi connectivity index (χ2n) is 8.52. The molecule has 0 saturated heterocycles. The molecule has 2 aromatic carbocycles. The number of hydrazine groups is 1. The summed E-state index contributed by atoms with van der Waals surface area (Å²) in [5, 5.41) is 23.3. The van der Waals surface area contributed by atoms with E-state index in [-0.39, 0.29) is 6.42 Å². The van der Waals surface area contributed by atoms with E-state index in [1.54, 1.807) is 40.6 Å². The van der Waals surface area contributed by atoms with Crippen molar-refractivity contribution in [3.63, 3.8) is 0 Å². The van der Waals surface area contributed by atoms with Crippen LogP contribution in [0, 0.1) is 21.4 Å². The second-order valence-corrected chi connectivity index (χ2v) is 10.2. The fourth-order valence-electron chi connectivity index (χ4n) is 3.46. The predicted octanol–water partition coefficient (Wildman–Crippen LogP) is -0.293. The number of nitro groups is 1. The van der Waals surface area contributed by atoms with Gasteiger partial charge in [-0.05, 0) is 17.7 Å². The van der Waals surface area contributed by atoms with Gasteiger partial charge in [0.15, 0.2) is 5.96 Å². The fourth-order valence-corrected chi connectivity index (χ4v) is 4.39. The minimum absolute atomic E-state index is 0.278. The Morgan fingerprint density at radius 2 is 1.57 bits per heavy atom. The van der Waals surface area contributed by atoms with E-state index >= 15 is 0 Å². The molecule has 0 aliphatic heterocycles. The molecular weight excluding hydrogens is 561 g/mol. The molecule has 0 heterocycles. The van der Waals surface area contributed by atoms with Crippen LogP contribution in [0.3, 0.4) is 0 Å². The quantitative estimate of drug-likeness (QED) is 0.0504. The molecule has 9 N–H and O–H groups in total. The van der Waals surface area contributed by atoms with E-state index in [2.05, 4.69) is 0 Å². The van der Waals surface area contributed by atoms with E-state index < -0.39 is 74.4 Å². The van der Waals surface area contributed by atoms with Crippen molar-refractivity contribution in [3.8, 4) is 0 Å². The highest BCUT2D eigenvalue weighted by molar-refractivity contribution is 7.89. The van der Waals surface area contributed by atoms with E-state index in [0.717, 1.165) is 12.1 Å². The molecule has 2 rings (SSSR count). The van der Waals surface area contributed by atoms with Gasteiger partial charge in [-0.15, -0.1) is 4.83 Å². The van der Waals surface area contributed by atoms with Gasteiger partial charge < -0.3 is 22.1 Å². The van der Waals surface area contributed by atoms with Crippen molar-refractivity contribution in [3.05, 3.63) is 76.3 Å². The van der Waals surface area contributed by atoms with E-state index in [0.29, 0.717) is 5.56 Å². The lowest BCUT2D eigenvalue weighted by Crippen LogP contribution is -2.69. The Bertz CT molecular complexity index is 1310. The highest BCUT2D eigenvalue weighted by Crippen LogP contribution is 2.33. The summed E-state index contributed by atoms with van der Waals surface area (Å²) in [5.41, 5.74) is 8.98. The molecule has 0 saturated carbocycles. The zero-order valence-corrected chi connectivity index (χ0v) is 21.5. The Balaban J connectivity index is 2.52. The lowest BCUT2D eigenvalue weighted by Gasteiger charge is -2.31. The molecule has 40 heavy (non-hydrogen) atoms. The predicted molar refractivity (Wildman–Crippen MR) is 135 cm³/mol. The van der Waals surface area contributed by atoms with Crippen LogP contribution in [0.25, 0.3) is 0 Å². The van der Waals surface area contributed by atoms with Crippen LogP contribution in [0.2, 0.25) is 0 Å². The molecule has 0 radical (unpaired) electrons. The van der Waals surface area contributed by atoms with E-state index in [4.69, 9.17) is 16.9 Å². The van der Waals surface area contributed by atoms with Gasteiger partial charge in [0.1, 0.15) is 6.04 Å². The monoisotopic (exact) mass is 588 g/mol. The minimum Gasteiger partial charge on any atom is -0.370 e. The molecule has 14 nitrogen and oxygen atoms in total. The van der Waals surface area contributed by atoms with Crippen molar-refractivity contribution < 1.29 is 36.1 Å². The number of guanidine groups is 1. The van der Waals surface area contributed by atoms with Crippen LogP contribution in [0.5, 0.6) is 0 Å². The summed E-state index contributed by atoms with van der Waals surface area (Å²) in [6.45, 7) is -1.17. The number of nitrogens with zero attached hydrogens (tertiary/aromatic N) is 1. The molecule has 0 aromatic heterocycles. The average molecular weight is 589 g/mol. The number of alkyl halides is 3. The van der Waals surface area contributed by atoms with Crippen LogP contribution in [0.1, 0.15) is 12.0 Å². The molecule has 0 aliphatic carbocycles. The fraction of sp³-hybridized carbons (Fsp3) is 0.318. The van der Waals surface area contributed by atoms with Crippen LogP contribution < -0.4 is 32.4 Å². The van der Waals surface area contributed by atoms with E-state index in [9.17, 15) is 41.3 Å². The first-order chi connectivity index (χ1) is 18.6. The zero-order chi connectivity index (χ0) is 30.1. The third kappa shape index (κ3) is 8.61. The van der Waals surface area contributed by atoms with Gasteiger partial charge in [-0.3, -0.25) is 25.1 Å². The van der Waals surface area contributed by atoms with Gasteiger partial charge >= 0.3 is 17.7 Å². The molecule has 2 aromatic rings. The van der Waals surface area contributed by atoms with Crippen molar-refractivity contribution in [2.45, 2.75) is 35.6 Å². The third-order valence-electron chi connectivity index (χ3n) is 5.61. The van der Waals surface area contributed by atoms with Gasteiger partial charge in [-0.1, -0.05) is 48.5 Å². The summed E-state index contributed by atoms with van der Waals surface area (Å²) in [6.07, 6.45) is -7.15. The molecule has 2 amide bonds. The lowest BCUT2D eigenvalue weighted by molar-refractivity contribution is -0.565. The van der Waals surface area contributed by atoms with E-state index in [1.807, 2.05) is 10.6 Å². The summed E-state index contributed by atoms with van der Waals surface area (Å²) in [4.78, 5) is 37.5. The molecule has 0 fully saturated rings. The Kier molecular flexibility index (Phi) is 10.5. The third-order valence-corrected chi connectivity index (χ3v) is 6.87. The van der Waals surface area contributed by atoms with E-state index in [1.165, 1.54) is 18.2 Å². The van der Waals surface area contributed by atoms with Gasteiger partial charge in [0.2, 0.25) is 5.91 Å². The molecule has 0 spiro atoms. The molecule has 3 atom stereocenters.